The fourth-order valence-electron chi connectivity index (χ4n) is 1.96. The van der Waals surface area contributed by atoms with Crippen molar-refractivity contribution in [3.05, 3.63) is 29.8 Å². The van der Waals surface area contributed by atoms with Gasteiger partial charge in [0.25, 0.3) is 0 Å². The minimum absolute atomic E-state index is 0.175. The summed E-state index contributed by atoms with van der Waals surface area (Å²) in [7, 11) is 1.64. The van der Waals surface area contributed by atoms with E-state index in [1.807, 2.05) is 31.2 Å². The number of ether oxygens (including phenoxy) is 1. The van der Waals surface area contributed by atoms with Crippen molar-refractivity contribution in [1.29, 1.82) is 0 Å². The molecule has 1 aromatic carbocycles. The molecule has 0 aliphatic rings. The number of carboxylic acids is 1. The Hall–Kier alpha value is -1.55. The van der Waals surface area contributed by atoms with Gasteiger partial charge >= 0.3 is 5.97 Å². The molecule has 1 unspecified atom stereocenters. The number of rotatable bonds is 7. The smallest absolute Gasteiger partial charge is 0.304 e. The summed E-state index contributed by atoms with van der Waals surface area (Å²) >= 11 is 0. The molecule has 1 rings (SSSR count). The van der Waals surface area contributed by atoms with Crippen molar-refractivity contribution in [3.63, 3.8) is 0 Å². The van der Waals surface area contributed by atoms with E-state index in [0.717, 1.165) is 12.3 Å². The van der Waals surface area contributed by atoms with E-state index in [2.05, 4.69) is 11.8 Å². The highest BCUT2D eigenvalue weighted by Crippen LogP contribution is 2.22. The van der Waals surface area contributed by atoms with E-state index in [1.54, 1.807) is 7.11 Å². The van der Waals surface area contributed by atoms with Gasteiger partial charge in [-0.2, -0.15) is 0 Å². The average Bonchev–Trinajstić information content (AvgIpc) is 2.39. The molecule has 0 spiro atoms. The standard InChI is InChI=1S/C14H21NO3/c1-4-15(10-9-14(16)17)11(2)12-5-7-13(18-3)8-6-12/h5-8,11H,4,9-10H2,1-3H3,(H,16,17). The SMILES string of the molecule is CCN(CCC(=O)O)C(C)c1ccc(OC)cc1. The zero-order valence-corrected chi connectivity index (χ0v) is 11.2. The lowest BCUT2D eigenvalue weighted by Crippen LogP contribution is -2.29. The first-order valence-corrected chi connectivity index (χ1v) is 6.18. The molecule has 0 aliphatic carbocycles. The van der Waals surface area contributed by atoms with Crippen LogP contribution in [0.15, 0.2) is 24.3 Å². The third-order valence-corrected chi connectivity index (χ3v) is 3.16. The maximum Gasteiger partial charge on any atom is 0.304 e. The molecule has 0 heterocycles. The van der Waals surface area contributed by atoms with Crippen LogP contribution in [0.4, 0.5) is 0 Å². The molecule has 100 valence electrons. The van der Waals surface area contributed by atoms with E-state index in [0.29, 0.717) is 6.54 Å². The van der Waals surface area contributed by atoms with Gasteiger partial charge in [-0.1, -0.05) is 19.1 Å². The average molecular weight is 251 g/mol. The first kappa shape index (κ1) is 14.5. The Bertz CT molecular complexity index is 375. The number of carboxylic acid groups (broad SMARTS) is 1. The van der Waals surface area contributed by atoms with Crippen molar-refractivity contribution < 1.29 is 14.6 Å². The van der Waals surface area contributed by atoms with Crippen molar-refractivity contribution in [3.8, 4) is 5.75 Å². The topological polar surface area (TPSA) is 49.8 Å². The van der Waals surface area contributed by atoms with Gasteiger partial charge in [0.2, 0.25) is 0 Å². The van der Waals surface area contributed by atoms with Gasteiger partial charge in [0, 0.05) is 12.6 Å². The number of methoxy groups -OCH3 is 1. The van der Waals surface area contributed by atoms with Crippen LogP contribution in [-0.2, 0) is 4.79 Å². The molecular weight excluding hydrogens is 230 g/mol. The Morgan fingerprint density at radius 2 is 2.00 bits per heavy atom. The van der Waals surface area contributed by atoms with Crippen LogP contribution in [0.3, 0.4) is 0 Å². The van der Waals surface area contributed by atoms with Crippen molar-refractivity contribution in [1.82, 2.24) is 4.90 Å². The van der Waals surface area contributed by atoms with Gasteiger partial charge in [-0.15, -0.1) is 0 Å². The summed E-state index contributed by atoms with van der Waals surface area (Å²) in [5, 5.41) is 8.74. The van der Waals surface area contributed by atoms with Crippen molar-refractivity contribution >= 4 is 5.97 Å². The summed E-state index contributed by atoms with van der Waals surface area (Å²) in [5.74, 6) is 0.0786. The Kier molecular flexibility index (Phi) is 5.65. The molecule has 1 atom stereocenters. The van der Waals surface area contributed by atoms with Crippen molar-refractivity contribution in [2.24, 2.45) is 0 Å². The second kappa shape index (κ2) is 7.01. The summed E-state index contributed by atoms with van der Waals surface area (Å²) in [6.45, 7) is 5.54. The number of carbonyl (C=O) groups is 1. The minimum Gasteiger partial charge on any atom is -0.497 e. The predicted molar refractivity (Wildman–Crippen MR) is 70.9 cm³/mol. The molecule has 0 aromatic heterocycles. The van der Waals surface area contributed by atoms with Crippen LogP contribution in [0, 0.1) is 0 Å². The van der Waals surface area contributed by atoms with Gasteiger partial charge in [0.1, 0.15) is 5.75 Å². The molecule has 0 bridgehead atoms. The molecule has 0 saturated carbocycles. The Labute approximate surface area is 108 Å². The molecular formula is C14H21NO3. The van der Waals surface area contributed by atoms with Gasteiger partial charge < -0.3 is 9.84 Å². The number of hydrogen-bond acceptors (Lipinski definition) is 3. The van der Waals surface area contributed by atoms with Crippen LogP contribution >= 0.6 is 0 Å². The van der Waals surface area contributed by atoms with E-state index in [1.165, 1.54) is 5.56 Å². The van der Waals surface area contributed by atoms with Crippen LogP contribution in [0.25, 0.3) is 0 Å². The highest BCUT2D eigenvalue weighted by Gasteiger charge is 2.15. The van der Waals surface area contributed by atoms with Crippen LogP contribution < -0.4 is 4.74 Å². The summed E-state index contributed by atoms with van der Waals surface area (Å²) in [6, 6.07) is 8.10. The third kappa shape index (κ3) is 4.04. The number of benzene rings is 1. The van der Waals surface area contributed by atoms with Gasteiger partial charge in [-0.3, -0.25) is 9.69 Å². The van der Waals surface area contributed by atoms with E-state index in [4.69, 9.17) is 9.84 Å². The predicted octanol–water partition coefficient (Wildman–Crippen LogP) is 2.55. The molecule has 18 heavy (non-hydrogen) atoms. The molecule has 0 amide bonds. The maximum atomic E-state index is 10.6. The molecule has 4 nitrogen and oxygen atoms in total. The normalized spacial score (nSPS) is 12.4. The van der Waals surface area contributed by atoms with Gasteiger partial charge in [0.05, 0.1) is 13.5 Å². The Balaban J connectivity index is 2.69. The van der Waals surface area contributed by atoms with Crippen molar-refractivity contribution in [2.75, 3.05) is 20.2 Å². The molecule has 0 radical (unpaired) electrons. The molecule has 4 heteroatoms. The van der Waals surface area contributed by atoms with E-state index in [-0.39, 0.29) is 12.5 Å². The van der Waals surface area contributed by atoms with Gasteiger partial charge in [-0.25, -0.2) is 0 Å². The number of aliphatic carboxylic acids is 1. The summed E-state index contributed by atoms with van der Waals surface area (Å²) in [4.78, 5) is 12.8. The largest absolute Gasteiger partial charge is 0.497 e. The number of nitrogens with zero attached hydrogens (tertiary/aromatic N) is 1. The Morgan fingerprint density at radius 1 is 1.39 bits per heavy atom. The van der Waals surface area contributed by atoms with E-state index < -0.39 is 5.97 Å². The quantitative estimate of drug-likeness (QED) is 0.809. The number of hydrogen-bond donors (Lipinski definition) is 1. The zero-order chi connectivity index (χ0) is 13.5. The van der Waals surface area contributed by atoms with Crippen LogP contribution in [0.1, 0.15) is 31.9 Å². The van der Waals surface area contributed by atoms with Crippen LogP contribution in [0.2, 0.25) is 0 Å². The molecule has 0 fully saturated rings. The third-order valence-electron chi connectivity index (χ3n) is 3.16. The molecule has 1 aromatic rings. The fraction of sp³-hybridized carbons (Fsp3) is 0.500. The summed E-state index contributed by atoms with van der Waals surface area (Å²) in [5.41, 5.74) is 1.17. The van der Waals surface area contributed by atoms with Gasteiger partial charge in [0.15, 0.2) is 0 Å². The fourth-order valence-corrected chi connectivity index (χ4v) is 1.96. The van der Waals surface area contributed by atoms with Crippen molar-refractivity contribution in [2.45, 2.75) is 26.3 Å². The van der Waals surface area contributed by atoms with Crippen LogP contribution in [0.5, 0.6) is 5.75 Å². The lowest BCUT2D eigenvalue weighted by Gasteiger charge is -2.27. The highest BCUT2D eigenvalue weighted by atomic mass is 16.5. The first-order chi connectivity index (χ1) is 8.58. The lowest BCUT2D eigenvalue weighted by molar-refractivity contribution is -0.137. The molecule has 1 N–H and O–H groups in total. The lowest BCUT2D eigenvalue weighted by atomic mass is 10.1. The second-order valence-corrected chi connectivity index (χ2v) is 4.22. The summed E-state index contributed by atoms with van der Waals surface area (Å²) < 4.78 is 5.12. The molecule has 0 aliphatic heterocycles. The second-order valence-electron chi connectivity index (χ2n) is 4.22. The zero-order valence-electron chi connectivity index (χ0n) is 11.2. The summed E-state index contributed by atoms with van der Waals surface area (Å²) in [6.07, 6.45) is 0.175. The van der Waals surface area contributed by atoms with Gasteiger partial charge in [-0.05, 0) is 31.2 Å². The Morgan fingerprint density at radius 3 is 2.44 bits per heavy atom. The minimum atomic E-state index is -0.754. The first-order valence-electron chi connectivity index (χ1n) is 6.18. The molecule has 0 saturated heterocycles. The highest BCUT2D eigenvalue weighted by molar-refractivity contribution is 5.66. The monoisotopic (exact) mass is 251 g/mol. The maximum absolute atomic E-state index is 10.6. The van der Waals surface area contributed by atoms with Crippen LogP contribution in [-0.4, -0.2) is 36.2 Å². The van der Waals surface area contributed by atoms with E-state index in [9.17, 15) is 4.79 Å². The van der Waals surface area contributed by atoms with E-state index >= 15 is 0 Å².